The number of carboxylic acid groups (broad SMARTS) is 1. The number of hydrogen-bond donors (Lipinski definition) is 2. The van der Waals surface area contributed by atoms with Crippen molar-refractivity contribution in [2.45, 2.75) is 6.42 Å². The van der Waals surface area contributed by atoms with E-state index in [2.05, 4.69) is 21.4 Å². The smallest absolute Gasteiger partial charge is 0.460 e. The fourth-order valence-corrected chi connectivity index (χ4v) is 2.01. The van der Waals surface area contributed by atoms with Gasteiger partial charge in [0.25, 0.3) is 5.95 Å². The van der Waals surface area contributed by atoms with E-state index in [4.69, 9.17) is 9.63 Å². The molecule has 0 radical (unpaired) electrons. The fraction of sp³-hybridized carbons (Fsp3) is 0.273. The maximum atomic E-state index is 11.2. The fourth-order valence-electron chi connectivity index (χ4n) is 2.01. The van der Waals surface area contributed by atoms with E-state index in [1.807, 2.05) is 11.0 Å². The number of amides is 1. The highest BCUT2D eigenvalue weighted by Crippen LogP contribution is 2.19. The molecule has 2 N–H and O–H groups in total. The number of rotatable bonds is 2. The van der Waals surface area contributed by atoms with Crippen LogP contribution in [0, 0.1) is 0 Å². The summed E-state index contributed by atoms with van der Waals surface area (Å²) in [5.74, 6) is -0.378. The van der Waals surface area contributed by atoms with E-state index in [0.717, 1.165) is 17.5 Å². The van der Waals surface area contributed by atoms with Crippen molar-refractivity contribution in [3.8, 4) is 0 Å². The van der Waals surface area contributed by atoms with Crippen LogP contribution < -0.4 is 16.0 Å². The van der Waals surface area contributed by atoms with Crippen LogP contribution in [0.1, 0.15) is 6.42 Å². The molecule has 0 fully saturated rings. The predicted octanol–water partition coefficient (Wildman–Crippen LogP) is 0.539. The summed E-state index contributed by atoms with van der Waals surface area (Å²) in [6.07, 6.45) is 3.63. The Kier molecular flexibility index (Phi) is 2.86. The summed E-state index contributed by atoms with van der Waals surface area (Å²) in [4.78, 5) is 31.7. The molecule has 3 rings (SSSR count). The number of nitrogens with zero attached hydrogens (tertiary/aromatic N) is 4. The molecule has 20 heavy (non-hydrogen) atoms. The third kappa shape index (κ3) is 2.20. The third-order valence-electron chi connectivity index (χ3n) is 2.86. The lowest BCUT2D eigenvalue weighted by Crippen LogP contribution is -2.28. The molecule has 0 saturated heterocycles. The zero-order valence-corrected chi connectivity index (χ0v) is 10.3. The number of hydrogen-bond acceptors (Lipinski definition) is 6. The molecule has 0 saturated carbocycles. The van der Waals surface area contributed by atoms with Crippen molar-refractivity contribution >= 4 is 23.5 Å². The maximum Gasteiger partial charge on any atom is 0.460 e. The first-order valence-electron chi connectivity index (χ1n) is 5.94. The summed E-state index contributed by atoms with van der Waals surface area (Å²) in [7, 11) is 0. The number of aromatic nitrogens is 3. The van der Waals surface area contributed by atoms with Crippen molar-refractivity contribution in [3.63, 3.8) is 0 Å². The Labute approximate surface area is 112 Å². The van der Waals surface area contributed by atoms with Crippen molar-refractivity contribution in [1.29, 1.82) is 0 Å². The molecule has 0 spiro atoms. The van der Waals surface area contributed by atoms with Gasteiger partial charge in [0.1, 0.15) is 5.82 Å². The van der Waals surface area contributed by atoms with Crippen molar-refractivity contribution in [2.24, 2.45) is 0 Å². The lowest BCUT2D eigenvalue weighted by atomic mass is 10.2. The van der Waals surface area contributed by atoms with E-state index in [1.165, 1.54) is 0 Å². The summed E-state index contributed by atoms with van der Waals surface area (Å²) in [5, 5.41) is 10.9. The Balaban J connectivity index is 2.11. The molecule has 1 aliphatic heterocycles. The Morgan fingerprint density at radius 1 is 1.40 bits per heavy atom. The van der Waals surface area contributed by atoms with Gasteiger partial charge in [0.05, 0.1) is 0 Å². The number of carbonyl (C=O) groups is 1. The minimum atomic E-state index is -1.30. The molecule has 2 aromatic heterocycles. The van der Waals surface area contributed by atoms with Crippen LogP contribution in [0.3, 0.4) is 0 Å². The number of anilines is 2. The van der Waals surface area contributed by atoms with Gasteiger partial charge in [-0.2, -0.15) is 9.97 Å². The van der Waals surface area contributed by atoms with Gasteiger partial charge in [-0.25, -0.2) is 9.59 Å². The monoisotopic (exact) mass is 277 g/mol. The van der Waals surface area contributed by atoms with Gasteiger partial charge in [-0.3, -0.25) is 5.32 Å². The van der Waals surface area contributed by atoms with E-state index in [0.29, 0.717) is 12.4 Å². The summed E-state index contributed by atoms with van der Waals surface area (Å²) in [6.45, 7) is 1.42. The lowest BCUT2D eigenvalue weighted by molar-refractivity contribution is 0.209. The van der Waals surface area contributed by atoms with Gasteiger partial charge in [0.2, 0.25) is 0 Å². The van der Waals surface area contributed by atoms with E-state index in [-0.39, 0.29) is 11.6 Å². The summed E-state index contributed by atoms with van der Waals surface area (Å²) >= 11 is 0. The molecule has 0 aliphatic carbocycles. The van der Waals surface area contributed by atoms with Crippen LogP contribution in [0.15, 0.2) is 27.5 Å². The lowest BCUT2D eigenvalue weighted by Gasteiger charge is -2.24. The Morgan fingerprint density at radius 3 is 2.95 bits per heavy atom. The second-order valence-electron chi connectivity index (χ2n) is 4.20. The minimum absolute atomic E-state index is 0.103. The summed E-state index contributed by atoms with van der Waals surface area (Å²) in [5.41, 5.74) is 0.207. The molecule has 3 heterocycles. The molecule has 9 heteroatoms. The van der Waals surface area contributed by atoms with Crippen molar-refractivity contribution in [3.05, 3.63) is 28.8 Å². The molecule has 0 aromatic carbocycles. The highest BCUT2D eigenvalue weighted by Gasteiger charge is 2.16. The molecule has 0 bridgehead atoms. The van der Waals surface area contributed by atoms with E-state index in [1.54, 1.807) is 6.07 Å². The highest BCUT2D eigenvalue weighted by atomic mass is 16.5. The van der Waals surface area contributed by atoms with Gasteiger partial charge in [-0.15, -0.1) is 4.57 Å². The van der Waals surface area contributed by atoms with E-state index in [9.17, 15) is 9.59 Å². The Hall–Kier alpha value is -2.84. The molecule has 0 unspecified atom stereocenters. The molecule has 1 amide bonds. The van der Waals surface area contributed by atoms with Gasteiger partial charge < -0.3 is 14.5 Å². The first-order chi connectivity index (χ1) is 9.63. The zero-order chi connectivity index (χ0) is 14.1. The molecule has 0 atom stereocenters. The SMILES string of the molecule is O=C(O)Nc1nc(N2CC=CCC2)cc2nc(=O)on12. The topological polar surface area (TPSA) is 113 Å². The average Bonchev–Trinajstić information content (AvgIpc) is 2.80. The predicted molar refractivity (Wildman–Crippen MR) is 69.1 cm³/mol. The largest absolute Gasteiger partial charge is 0.465 e. The van der Waals surface area contributed by atoms with Crippen molar-refractivity contribution in [1.82, 2.24) is 14.5 Å². The number of nitrogens with one attached hydrogen (secondary N) is 1. The standard InChI is InChI=1S/C11H11N5O4/c17-10(18)14-9-12-7(15-4-2-1-3-5-15)6-8-13-11(19)20-16(8)9/h1-2,6H,3-5H2,(H,12,14)(H,17,18). The normalized spacial score (nSPS) is 14.7. The van der Waals surface area contributed by atoms with Gasteiger partial charge in [0.15, 0.2) is 5.65 Å². The number of fused-ring (bicyclic) bond motifs is 1. The average molecular weight is 277 g/mol. The van der Waals surface area contributed by atoms with Gasteiger partial charge in [-0.1, -0.05) is 12.2 Å². The van der Waals surface area contributed by atoms with Crippen LogP contribution in [-0.4, -0.2) is 38.8 Å². The van der Waals surface area contributed by atoms with Crippen molar-refractivity contribution < 1.29 is 14.4 Å². The van der Waals surface area contributed by atoms with Crippen LogP contribution in [0.5, 0.6) is 0 Å². The quantitative estimate of drug-likeness (QED) is 0.770. The Morgan fingerprint density at radius 2 is 2.25 bits per heavy atom. The summed E-state index contributed by atoms with van der Waals surface area (Å²) < 4.78 is 5.73. The van der Waals surface area contributed by atoms with Crippen LogP contribution in [-0.2, 0) is 0 Å². The van der Waals surface area contributed by atoms with Crippen LogP contribution in [0.4, 0.5) is 16.6 Å². The van der Waals surface area contributed by atoms with Gasteiger partial charge in [0, 0.05) is 19.2 Å². The molecular formula is C11H11N5O4. The zero-order valence-electron chi connectivity index (χ0n) is 10.3. The van der Waals surface area contributed by atoms with Crippen LogP contribution in [0.2, 0.25) is 0 Å². The van der Waals surface area contributed by atoms with Crippen LogP contribution >= 0.6 is 0 Å². The third-order valence-corrected chi connectivity index (χ3v) is 2.86. The van der Waals surface area contributed by atoms with E-state index < -0.39 is 11.8 Å². The van der Waals surface area contributed by atoms with Gasteiger partial charge >= 0.3 is 11.8 Å². The molecular weight excluding hydrogens is 266 g/mol. The van der Waals surface area contributed by atoms with Crippen molar-refractivity contribution in [2.75, 3.05) is 23.3 Å². The second-order valence-corrected chi connectivity index (χ2v) is 4.20. The summed E-state index contributed by atoms with van der Waals surface area (Å²) in [6, 6.07) is 1.58. The molecule has 9 nitrogen and oxygen atoms in total. The molecule has 104 valence electrons. The van der Waals surface area contributed by atoms with Crippen LogP contribution in [0.25, 0.3) is 5.65 Å². The van der Waals surface area contributed by atoms with E-state index >= 15 is 0 Å². The first-order valence-corrected chi connectivity index (χ1v) is 5.94. The molecule has 1 aliphatic rings. The minimum Gasteiger partial charge on any atom is -0.465 e. The second kappa shape index (κ2) is 4.68. The Bertz CT molecular complexity index is 747. The highest BCUT2D eigenvalue weighted by molar-refractivity contribution is 5.81. The first kappa shape index (κ1) is 12.2. The maximum absolute atomic E-state index is 11.2. The van der Waals surface area contributed by atoms with Gasteiger partial charge in [-0.05, 0) is 6.42 Å². The molecule has 2 aromatic rings.